The minimum Gasteiger partial charge on any atom is -0.368 e. The maximum absolute atomic E-state index is 12.8. The van der Waals surface area contributed by atoms with E-state index in [0.717, 1.165) is 42.2 Å². The van der Waals surface area contributed by atoms with Gasteiger partial charge in [0.15, 0.2) is 0 Å². The molecular formula is C19H22N2OS. The summed E-state index contributed by atoms with van der Waals surface area (Å²) >= 11 is 1.67. The molecule has 2 aromatic carbocycles. The molecule has 3 rings (SSSR count). The van der Waals surface area contributed by atoms with E-state index in [-0.39, 0.29) is 5.91 Å². The van der Waals surface area contributed by atoms with Crippen molar-refractivity contribution in [2.45, 2.75) is 11.8 Å². The van der Waals surface area contributed by atoms with Crippen molar-refractivity contribution >= 4 is 23.4 Å². The van der Waals surface area contributed by atoms with Crippen molar-refractivity contribution in [1.82, 2.24) is 4.90 Å². The number of carbonyl (C=O) groups is 1. The quantitative estimate of drug-likeness (QED) is 0.804. The van der Waals surface area contributed by atoms with Gasteiger partial charge in [0.25, 0.3) is 5.91 Å². The predicted octanol–water partition coefficient (Wildman–Crippen LogP) is 3.68. The maximum Gasteiger partial charge on any atom is 0.254 e. The Balaban J connectivity index is 1.69. The molecule has 0 bridgehead atoms. The largest absolute Gasteiger partial charge is 0.368 e. The highest BCUT2D eigenvalue weighted by atomic mass is 32.2. The van der Waals surface area contributed by atoms with Gasteiger partial charge < -0.3 is 9.80 Å². The average molecular weight is 326 g/mol. The number of anilines is 1. The Morgan fingerprint density at radius 3 is 2.35 bits per heavy atom. The molecule has 1 aliphatic heterocycles. The van der Waals surface area contributed by atoms with Crippen LogP contribution in [0.15, 0.2) is 53.4 Å². The van der Waals surface area contributed by atoms with Gasteiger partial charge in [-0.2, -0.15) is 0 Å². The number of hydrogen-bond acceptors (Lipinski definition) is 3. The molecule has 0 saturated carbocycles. The molecule has 2 aromatic rings. The topological polar surface area (TPSA) is 23.6 Å². The van der Waals surface area contributed by atoms with Gasteiger partial charge in [0.1, 0.15) is 0 Å². The van der Waals surface area contributed by atoms with Crippen LogP contribution in [-0.4, -0.2) is 43.2 Å². The van der Waals surface area contributed by atoms with Gasteiger partial charge in [-0.15, -0.1) is 11.8 Å². The molecule has 0 aromatic heterocycles. The summed E-state index contributed by atoms with van der Waals surface area (Å²) in [6, 6.07) is 16.5. The number of aryl methyl sites for hydroxylation is 1. The van der Waals surface area contributed by atoms with Crippen molar-refractivity contribution in [2.75, 3.05) is 37.3 Å². The number of benzene rings is 2. The first-order valence-corrected chi connectivity index (χ1v) is 9.15. The molecule has 0 aliphatic carbocycles. The van der Waals surface area contributed by atoms with Crippen molar-refractivity contribution in [3.05, 3.63) is 59.7 Å². The number of amides is 1. The lowest BCUT2D eigenvalue weighted by molar-refractivity contribution is 0.0746. The summed E-state index contributed by atoms with van der Waals surface area (Å²) in [6.45, 7) is 5.33. The van der Waals surface area contributed by atoms with Crippen LogP contribution in [0.1, 0.15) is 15.9 Å². The van der Waals surface area contributed by atoms with E-state index in [0.29, 0.717) is 0 Å². The molecule has 0 atom stereocenters. The summed E-state index contributed by atoms with van der Waals surface area (Å²) in [5.41, 5.74) is 3.13. The zero-order valence-corrected chi connectivity index (χ0v) is 14.5. The van der Waals surface area contributed by atoms with Gasteiger partial charge in [0.2, 0.25) is 0 Å². The standard InChI is InChI=1S/C19H22N2OS/c1-15-8-9-17(23-2)14-18(15)19(22)21-12-10-20(11-13-21)16-6-4-3-5-7-16/h3-9,14H,10-13H2,1-2H3. The van der Waals surface area contributed by atoms with E-state index in [9.17, 15) is 4.79 Å². The summed E-state index contributed by atoms with van der Waals surface area (Å²) in [5, 5.41) is 0. The fraction of sp³-hybridized carbons (Fsp3) is 0.316. The van der Waals surface area contributed by atoms with E-state index in [1.165, 1.54) is 5.69 Å². The van der Waals surface area contributed by atoms with Crippen LogP contribution in [-0.2, 0) is 0 Å². The third kappa shape index (κ3) is 3.53. The first-order chi connectivity index (χ1) is 11.2. The van der Waals surface area contributed by atoms with E-state index in [1.807, 2.05) is 36.3 Å². The number of piperazine rings is 1. The molecule has 120 valence electrons. The van der Waals surface area contributed by atoms with Crippen molar-refractivity contribution in [1.29, 1.82) is 0 Å². The fourth-order valence-corrected chi connectivity index (χ4v) is 3.38. The van der Waals surface area contributed by atoms with Crippen LogP contribution in [0.5, 0.6) is 0 Å². The number of carbonyl (C=O) groups excluding carboxylic acids is 1. The van der Waals surface area contributed by atoms with Gasteiger partial charge in [-0.3, -0.25) is 4.79 Å². The highest BCUT2D eigenvalue weighted by Gasteiger charge is 2.23. The van der Waals surface area contributed by atoms with E-state index < -0.39 is 0 Å². The first-order valence-electron chi connectivity index (χ1n) is 7.93. The molecule has 0 radical (unpaired) electrons. The van der Waals surface area contributed by atoms with Gasteiger partial charge in [-0.25, -0.2) is 0 Å². The molecule has 0 spiro atoms. The number of rotatable bonds is 3. The molecule has 0 unspecified atom stereocenters. The Kier molecular flexibility index (Phi) is 4.91. The second-order valence-corrected chi connectivity index (χ2v) is 6.68. The van der Waals surface area contributed by atoms with Gasteiger partial charge in [0, 0.05) is 42.3 Å². The molecule has 1 aliphatic rings. The Labute approximate surface area is 142 Å². The summed E-state index contributed by atoms with van der Waals surface area (Å²) in [7, 11) is 0. The number of para-hydroxylation sites is 1. The smallest absolute Gasteiger partial charge is 0.254 e. The second kappa shape index (κ2) is 7.09. The van der Waals surface area contributed by atoms with E-state index in [2.05, 4.69) is 35.2 Å². The Morgan fingerprint density at radius 1 is 1.00 bits per heavy atom. The normalized spacial score (nSPS) is 14.9. The molecular weight excluding hydrogens is 304 g/mol. The minimum atomic E-state index is 0.158. The lowest BCUT2D eigenvalue weighted by atomic mass is 10.1. The zero-order chi connectivity index (χ0) is 16.2. The molecule has 1 saturated heterocycles. The third-order valence-corrected chi connectivity index (χ3v) is 5.09. The van der Waals surface area contributed by atoms with E-state index >= 15 is 0 Å². The Morgan fingerprint density at radius 2 is 1.70 bits per heavy atom. The SMILES string of the molecule is CSc1ccc(C)c(C(=O)N2CCN(c3ccccc3)CC2)c1. The molecule has 4 heteroatoms. The number of nitrogens with zero attached hydrogens (tertiary/aromatic N) is 2. The zero-order valence-electron chi connectivity index (χ0n) is 13.7. The van der Waals surface area contributed by atoms with Gasteiger partial charge in [0.05, 0.1) is 0 Å². The summed E-state index contributed by atoms with van der Waals surface area (Å²) in [6.07, 6.45) is 2.04. The van der Waals surface area contributed by atoms with Crippen molar-refractivity contribution in [3.63, 3.8) is 0 Å². The van der Waals surface area contributed by atoms with Gasteiger partial charge in [-0.1, -0.05) is 24.3 Å². The maximum atomic E-state index is 12.8. The van der Waals surface area contributed by atoms with Crippen molar-refractivity contribution < 1.29 is 4.79 Å². The van der Waals surface area contributed by atoms with Crippen LogP contribution in [0.25, 0.3) is 0 Å². The van der Waals surface area contributed by atoms with Crippen LogP contribution in [0.2, 0.25) is 0 Å². The number of thioether (sulfide) groups is 1. The predicted molar refractivity (Wildman–Crippen MR) is 97.5 cm³/mol. The van der Waals surface area contributed by atoms with Crippen LogP contribution < -0.4 is 4.90 Å². The monoisotopic (exact) mass is 326 g/mol. The van der Waals surface area contributed by atoms with Crippen molar-refractivity contribution in [2.24, 2.45) is 0 Å². The van der Waals surface area contributed by atoms with Crippen LogP contribution >= 0.6 is 11.8 Å². The van der Waals surface area contributed by atoms with Crippen molar-refractivity contribution in [3.8, 4) is 0 Å². The van der Waals surface area contributed by atoms with E-state index in [4.69, 9.17) is 0 Å². The summed E-state index contributed by atoms with van der Waals surface area (Å²) in [4.78, 5) is 18.3. The molecule has 3 nitrogen and oxygen atoms in total. The van der Waals surface area contributed by atoms with Gasteiger partial charge >= 0.3 is 0 Å². The number of hydrogen-bond donors (Lipinski definition) is 0. The molecule has 1 fully saturated rings. The average Bonchev–Trinajstić information content (AvgIpc) is 2.62. The highest BCUT2D eigenvalue weighted by Crippen LogP contribution is 2.22. The molecule has 1 heterocycles. The lowest BCUT2D eigenvalue weighted by Gasteiger charge is -2.36. The second-order valence-electron chi connectivity index (χ2n) is 5.80. The Hall–Kier alpha value is -1.94. The lowest BCUT2D eigenvalue weighted by Crippen LogP contribution is -2.48. The Bertz CT molecular complexity index is 679. The fourth-order valence-electron chi connectivity index (χ4n) is 2.94. The third-order valence-electron chi connectivity index (χ3n) is 4.36. The first kappa shape index (κ1) is 15.9. The molecule has 1 amide bonds. The minimum absolute atomic E-state index is 0.158. The van der Waals surface area contributed by atoms with Gasteiger partial charge in [-0.05, 0) is 43.0 Å². The highest BCUT2D eigenvalue weighted by molar-refractivity contribution is 7.98. The summed E-state index contributed by atoms with van der Waals surface area (Å²) < 4.78 is 0. The van der Waals surface area contributed by atoms with Crippen LogP contribution in [0.4, 0.5) is 5.69 Å². The molecule has 23 heavy (non-hydrogen) atoms. The molecule has 0 N–H and O–H groups in total. The van der Waals surface area contributed by atoms with Crippen LogP contribution in [0, 0.1) is 6.92 Å². The van der Waals surface area contributed by atoms with Crippen LogP contribution in [0.3, 0.4) is 0 Å². The van der Waals surface area contributed by atoms with E-state index in [1.54, 1.807) is 11.8 Å². The summed E-state index contributed by atoms with van der Waals surface area (Å²) in [5.74, 6) is 0.158.